The van der Waals surface area contributed by atoms with Crippen molar-refractivity contribution in [2.24, 2.45) is 7.05 Å². The molecule has 0 radical (unpaired) electrons. The van der Waals surface area contributed by atoms with Gasteiger partial charge in [-0.15, -0.1) is 5.10 Å². The number of amides is 1. The summed E-state index contributed by atoms with van der Waals surface area (Å²) in [5.41, 5.74) is 1.51. The second-order valence-corrected chi connectivity index (χ2v) is 5.08. The lowest BCUT2D eigenvalue weighted by molar-refractivity contribution is 0.0951. The number of carbonyl (C=O) groups is 1. The molecule has 2 aromatic heterocycles. The lowest BCUT2D eigenvalue weighted by Gasteiger charge is -2.07. The Morgan fingerprint density at radius 3 is 2.75 bits per heavy atom. The van der Waals surface area contributed by atoms with Crippen LogP contribution < -0.4 is 10.1 Å². The average Bonchev–Trinajstić information content (AvgIpc) is 3.04. The van der Waals surface area contributed by atoms with Gasteiger partial charge in [0.15, 0.2) is 5.82 Å². The molecule has 3 aromatic rings. The monoisotopic (exact) mass is 324 g/mol. The van der Waals surface area contributed by atoms with Crippen LogP contribution in [0, 0.1) is 0 Å². The van der Waals surface area contributed by atoms with Crippen LogP contribution in [0.15, 0.2) is 48.8 Å². The third kappa shape index (κ3) is 3.92. The van der Waals surface area contributed by atoms with Gasteiger partial charge in [-0.1, -0.05) is 6.07 Å². The minimum absolute atomic E-state index is 0.150. The Labute approximate surface area is 138 Å². The van der Waals surface area contributed by atoms with Gasteiger partial charge in [0.25, 0.3) is 5.91 Å². The molecule has 0 unspecified atom stereocenters. The maximum absolute atomic E-state index is 12.1. The highest BCUT2D eigenvalue weighted by Crippen LogP contribution is 2.13. The Kier molecular flexibility index (Phi) is 4.76. The number of hydrogen-bond donors (Lipinski definition) is 1. The number of ether oxygens (including phenoxy) is 1. The van der Waals surface area contributed by atoms with Crippen LogP contribution in [0.2, 0.25) is 0 Å². The lowest BCUT2D eigenvalue weighted by atomic mass is 10.2. The first-order valence-corrected chi connectivity index (χ1v) is 7.33. The van der Waals surface area contributed by atoms with Crippen LogP contribution in [0.25, 0.3) is 0 Å². The lowest BCUT2D eigenvalue weighted by Crippen LogP contribution is -2.22. The van der Waals surface area contributed by atoms with Crippen molar-refractivity contribution in [1.82, 2.24) is 30.5 Å². The molecule has 0 aliphatic rings. The number of benzene rings is 1. The summed E-state index contributed by atoms with van der Waals surface area (Å²) >= 11 is 0. The summed E-state index contributed by atoms with van der Waals surface area (Å²) in [6.45, 7) is 0.695. The zero-order chi connectivity index (χ0) is 16.8. The van der Waals surface area contributed by atoms with Crippen LogP contribution in [0.1, 0.15) is 21.7 Å². The smallest absolute Gasteiger partial charge is 0.251 e. The first kappa shape index (κ1) is 15.6. The first-order chi connectivity index (χ1) is 11.7. The minimum Gasteiger partial charge on any atom is -0.486 e. The van der Waals surface area contributed by atoms with E-state index in [1.54, 1.807) is 48.4 Å². The van der Waals surface area contributed by atoms with Gasteiger partial charge in [-0.05, 0) is 46.3 Å². The van der Waals surface area contributed by atoms with Crippen LogP contribution in [0.3, 0.4) is 0 Å². The SMILES string of the molecule is Cn1nnnc1COc1ccc(C(=O)NCc2cccnc2)cc1. The number of aryl methyl sites for hydroxylation is 1. The quantitative estimate of drug-likeness (QED) is 0.730. The first-order valence-electron chi connectivity index (χ1n) is 7.33. The fourth-order valence-electron chi connectivity index (χ4n) is 2.01. The van der Waals surface area contributed by atoms with E-state index in [0.29, 0.717) is 23.7 Å². The van der Waals surface area contributed by atoms with Crippen molar-refractivity contribution < 1.29 is 9.53 Å². The van der Waals surface area contributed by atoms with Crippen LogP contribution in [0.5, 0.6) is 5.75 Å². The molecule has 3 rings (SSSR count). The summed E-state index contributed by atoms with van der Waals surface area (Å²) in [6, 6.07) is 10.6. The van der Waals surface area contributed by atoms with Gasteiger partial charge >= 0.3 is 0 Å². The fourth-order valence-corrected chi connectivity index (χ4v) is 2.01. The molecule has 1 aromatic carbocycles. The highest BCUT2D eigenvalue weighted by molar-refractivity contribution is 5.94. The standard InChI is InChI=1S/C16H16N6O2/c1-22-15(19-20-21-22)11-24-14-6-4-13(5-7-14)16(23)18-10-12-3-2-8-17-9-12/h2-9H,10-11H2,1H3,(H,18,23). The van der Waals surface area contributed by atoms with Gasteiger partial charge < -0.3 is 10.1 Å². The number of hydrogen-bond acceptors (Lipinski definition) is 6. The van der Waals surface area contributed by atoms with Crippen molar-refractivity contribution in [3.8, 4) is 5.75 Å². The molecule has 0 fully saturated rings. The van der Waals surface area contributed by atoms with Gasteiger partial charge in [0.2, 0.25) is 0 Å². The molecule has 2 heterocycles. The second-order valence-electron chi connectivity index (χ2n) is 5.08. The maximum atomic E-state index is 12.1. The van der Waals surface area contributed by atoms with Crippen molar-refractivity contribution in [1.29, 1.82) is 0 Å². The second kappa shape index (κ2) is 7.32. The van der Waals surface area contributed by atoms with E-state index < -0.39 is 0 Å². The molecule has 0 bridgehead atoms. The molecule has 1 N–H and O–H groups in total. The number of nitrogens with zero attached hydrogens (tertiary/aromatic N) is 5. The van der Waals surface area contributed by atoms with Crippen LogP contribution in [-0.2, 0) is 20.2 Å². The normalized spacial score (nSPS) is 10.4. The predicted octanol–water partition coefficient (Wildman–Crippen LogP) is 1.11. The van der Waals surface area contributed by atoms with Crippen molar-refractivity contribution in [3.05, 3.63) is 65.7 Å². The van der Waals surface area contributed by atoms with E-state index >= 15 is 0 Å². The van der Waals surface area contributed by atoms with Gasteiger partial charge in [-0.3, -0.25) is 9.78 Å². The largest absolute Gasteiger partial charge is 0.486 e. The number of rotatable bonds is 6. The summed E-state index contributed by atoms with van der Waals surface area (Å²) in [7, 11) is 1.74. The third-order valence-corrected chi connectivity index (χ3v) is 3.37. The molecule has 8 heteroatoms. The maximum Gasteiger partial charge on any atom is 0.251 e. The van der Waals surface area contributed by atoms with E-state index in [1.807, 2.05) is 12.1 Å². The van der Waals surface area contributed by atoms with Crippen LogP contribution >= 0.6 is 0 Å². The topological polar surface area (TPSA) is 94.8 Å². The Morgan fingerprint density at radius 1 is 1.25 bits per heavy atom. The molecule has 122 valence electrons. The molecule has 0 spiro atoms. The number of pyridine rings is 1. The molecular formula is C16H16N6O2. The molecule has 0 aliphatic carbocycles. The van der Waals surface area contributed by atoms with E-state index in [1.165, 1.54) is 0 Å². The molecule has 0 aliphatic heterocycles. The van der Waals surface area contributed by atoms with E-state index in [2.05, 4.69) is 25.8 Å². The molecule has 0 atom stereocenters. The van der Waals surface area contributed by atoms with Crippen molar-refractivity contribution in [2.45, 2.75) is 13.2 Å². The summed E-state index contributed by atoms with van der Waals surface area (Å²) in [6.07, 6.45) is 3.42. The molecule has 0 saturated heterocycles. The summed E-state index contributed by atoms with van der Waals surface area (Å²) in [4.78, 5) is 16.1. The number of tetrazole rings is 1. The molecule has 24 heavy (non-hydrogen) atoms. The predicted molar refractivity (Wildman–Crippen MR) is 85.0 cm³/mol. The van der Waals surface area contributed by atoms with Crippen LogP contribution in [-0.4, -0.2) is 31.1 Å². The van der Waals surface area contributed by atoms with Gasteiger partial charge in [0.05, 0.1) is 0 Å². The van der Waals surface area contributed by atoms with E-state index in [-0.39, 0.29) is 12.5 Å². The summed E-state index contributed by atoms with van der Waals surface area (Å²) in [5, 5.41) is 14.0. The Bertz CT molecular complexity index is 801. The zero-order valence-corrected chi connectivity index (χ0v) is 13.1. The van der Waals surface area contributed by atoms with Crippen molar-refractivity contribution >= 4 is 5.91 Å². The van der Waals surface area contributed by atoms with Crippen LogP contribution in [0.4, 0.5) is 0 Å². The van der Waals surface area contributed by atoms with Gasteiger partial charge in [-0.2, -0.15) is 0 Å². The third-order valence-electron chi connectivity index (χ3n) is 3.37. The number of carbonyl (C=O) groups excluding carboxylic acids is 1. The van der Waals surface area contributed by atoms with E-state index in [9.17, 15) is 4.79 Å². The van der Waals surface area contributed by atoms with E-state index in [4.69, 9.17) is 4.74 Å². The minimum atomic E-state index is -0.150. The number of nitrogens with one attached hydrogen (secondary N) is 1. The van der Waals surface area contributed by atoms with E-state index in [0.717, 1.165) is 5.56 Å². The molecule has 1 amide bonds. The van der Waals surface area contributed by atoms with Crippen molar-refractivity contribution in [3.63, 3.8) is 0 Å². The fraction of sp³-hybridized carbons (Fsp3) is 0.188. The Morgan fingerprint density at radius 2 is 2.08 bits per heavy atom. The highest BCUT2D eigenvalue weighted by atomic mass is 16.5. The Hall–Kier alpha value is -3.29. The highest BCUT2D eigenvalue weighted by Gasteiger charge is 2.07. The average molecular weight is 324 g/mol. The molecular weight excluding hydrogens is 308 g/mol. The summed E-state index contributed by atoms with van der Waals surface area (Å²) in [5.74, 6) is 1.11. The number of aromatic nitrogens is 5. The molecule has 8 nitrogen and oxygen atoms in total. The molecule has 0 saturated carbocycles. The zero-order valence-electron chi connectivity index (χ0n) is 13.1. The summed E-state index contributed by atoms with van der Waals surface area (Å²) < 4.78 is 7.13. The Balaban J connectivity index is 1.53. The van der Waals surface area contributed by atoms with Gasteiger partial charge in [0.1, 0.15) is 12.4 Å². The van der Waals surface area contributed by atoms with Gasteiger partial charge in [-0.25, -0.2) is 4.68 Å². The van der Waals surface area contributed by atoms with Crippen molar-refractivity contribution in [2.75, 3.05) is 0 Å². The van der Waals surface area contributed by atoms with Gasteiger partial charge in [0, 0.05) is 31.5 Å².